The van der Waals surface area contributed by atoms with E-state index < -0.39 is 11.9 Å². The highest BCUT2D eigenvalue weighted by molar-refractivity contribution is 14.1. The highest BCUT2D eigenvalue weighted by Gasteiger charge is 2.10. The molecule has 0 saturated carbocycles. The van der Waals surface area contributed by atoms with Crippen LogP contribution in [0.4, 0.5) is 0 Å². The van der Waals surface area contributed by atoms with Crippen LogP contribution in [0.1, 0.15) is 11.1 Å². The lowest BCUT2D eigenvalue weighted by Crippen LogP contribution is -2.08. The van der Waals surface area contributed by atoms with Crippen LogP contribution in [0, 0.1) is 3.57 Å². The summed E-state index contributed by atoms with van der Waals surface area (Å²) in [7, 11) is 0. The van der Waals surface area contributed by atoms with E-state index in [2.05, 4.69) is 22.6 Å². The van der Waals surface area contributed by atoms with Crippen LogP contribution in [-0.4, -0.2) is 22.2 Å². The van der Waals surface area contributed by atoms with Crippen LogP contribution >= 0.6 is 22.6 Å². The van der Waals surface area contributed by atoms with Gasteiger partial charge in [0, 0.05) is 3.57 Å². The number of carboxylic acid groups (broad SMARTS) is 2. The van der Waals surface area contributed by atoms with Gasteiger partial charge in [0.05, 0.1) is 12.8 Å². The number of hydrogen-bond donors (Lipinski definition) is 2. The highest BCUT2D eigenvalue weighted by atomic mass is 127. The molecule has 0 unspecified atom stereocenters. The monoisotopic (exact) mass is 320 g/mol. The van der Waals surface area contributed by atoms with Gasteiger partial charge in [-0.25, -0.2) is 0 Å². The number of rotatable bonds is 4. The molecule has 0 atom stereocenters. The smallest absolute Gasteiger partial charge is 0.307 e. The summed E-state index contributed by atoms with van der Waals surface area (Å²) in [5.74, 6) is -1.91. The Hall–Kier alpha value is -1.11. The highest BCUT2D eigenvalue weighted by Crippen LogP contribution is 2.15. The maximum absolute atomic E-state index is 10.6. The Balaban J connectivity index is 3.02. The Bertz CT molecular complexity index is 400. The van der Waals surface area contributed by atoms with Gasteiger partial charge in [-0.1, -0.05) is 6.07 Å². The summed E-state index contributed by atoms with van der Waals surface area (Å²) in [6.07, 6.45) is -0.279. The van der Waals surface area contributed by atoms with E-state index in [9.17, 15) is 9.59 Å². The molecule has 80 valence electrons. The summed E-state index contributed by atoms with van der Waals surface area (Å²) in [6, 6.07) is 5.13. The van der Waals surface area contributed by atoms with Gasteiger partial charge in [0.25, 0.3) is 0 Å². The first kappa shape index (κ1) is 12.0. The minimum atomic E-state index is -0.956. The molecule has 0 amide bonds. The van der Waals surface area contributed by atoms with Crippen LogP contribution in [0.2, 0.25) is 0 Å². The Morgan fingerprint density at radius 3 is 2.13 bits per heavy atom. The molecule has 1 aromatic rings. The van der Waals surface area contributed by atoms with Crippen LogP contribution < -0.4 is 0 Å². The fraction of sp³-hybridized carbons (Fsp3) is 0.200. The molecule has 0 spiro atoms. The van der Waals surface area contributed by atoms with E-state index in [0.29, 0.717) is 11.1 Å². The zero-order valence-electron chi connectivity index (χ0n) is 7.74. The molecule has 0 fully saturated rings. The largest absolute Gasteiger partial charge is 0.481 e. The van der Waals surface area contributed by atoms with Crippen LogP contribution in [0.25, 0.3) is 0 Å². The van der Waals surface area contributed by atoms with Crippen molar-refractivity contribution in [1.29, 1.82) is 0 Å². The van der Waals surface area contributed by atoms with Crippen molar-refractivity contribution in [3.05, 3.63) is 32.9 Å². The lowest BCUT2D eigenvalue weighted by molar-refractivity contribution is -0.137. The molecule has 0 radical (unpaired) electrons. The molecule has 5 heteroatoms. The maximum Gasteiger partial charge on any atom is 0.307 e. The van der Waals surface area contributed by atoms with Gasteiger partial charge in [-0.15, -0.1) is 0 Å². The molecule has 0 aliphatic heterocycles. The number of carbonyl (C=O) groups is 2. The lowest BCUT2D eigenvalue weighted by atomic mass is 10.0. The standard InChI is InChI=1S/C10H9IO4/c11-8-2-1-6(4-9(12)13)7(3-8)5-10(14)15/h1-3H,4-5H2,(H,12,13)(H,14,15). The summed E-state index contributed by atoms with van der Waals surface area (Å²) in [4.78, 5) is 21.1. The quantitative estimate of drug-likeness (QED) is 0.826. The minimum Gasteiger partial charge on any atom is -0.481 e. The van der Waals surface area contributed by atoms with E-state index in [4.69, 9.17) is 10.2 Å². The number of benzene rings is 1. The van der Waals surface area contributed by atoms with Crippen molar-refractivity contribution in [2.24, 2.45) is 0 Å². The Morgan fingerprint density at radius 1 is 1.07 bits per heavy atom. The molecule has 4 nitrogen and oxygen atoms in total. The fourth-order valence-corrected chi connectivity index (χ4v) is 1.81. The molecule has 0 bridgehead atoms. The zero-order chi connectivity index (χ0) is 11.4. The first-order valence-electron chi connectivity index (χ1n) is 4.20. The average molecular weight is 320 g/mol. The van der Waals surface area contributed by atoms with E-state index in [1.54, 1.807) is 18.2 Å². The summed E-state index contributed by atoms with van der Waals surface area (Å²) in [5, 5.41) is 17.3. The minimum absolute atomic E-state index is 0.139. The van der Waals surface area contributed by atoms with Crippen molar-refractivity contribution in [1.82, 2.24) is 0 Å². The van der Waals surface area contributed by atoms with Crippen molar-refractivity contribution >= 4 is 34.5 Å². The third-order valence-electron chi connectivity index (χ3n) is 1.85. The Kier molecular flexibility index (Phi) is 4.07. The van der Waals surface area contributed by atoms with Gasteiger partial charge in [0.15, 0.2) is 0 Å². The first-order chi connectivity index (χ1) is 6.99. The van der Waals surface area contributed by atoms with Crippen molar-refractivity contribution in [3.8, 4) is 0 Å². The number of aliphatic carboxylic acids is 2. The summed E-state index contributed by atoms with van der Waals surface area (Å²) in [5.41, 5.74) is 1.13. The van der Waals surface area contributed by atoms with Gasteiger partial charge < -0.3 is 10.2 Å². The molecule has 0 aliphatic rings. The van der Waals surface area contributed by atoms with Crippen LogP contribution in [0.15, 0.2) is 18.2 Å². The fourth-order valence-electron chi connectivity index (χ4n) is 1.26. The molecule has 1 rings (SSSR count). The molecule has 0 saturated heterocycles. The van der Waals surface area contributed by atoms with E-state index in [1.807, 2.05) is 0 Å². The molecule has 0 heterocycles. The lowest BCUT2D eigenvalue weighted by Gasteiger charge is -2.05. The average Bonchev–Trinajstić information content (AvgIpc) is 2.08. The summed E-state index contributed by atoms with van der Waals surface area (Å²) >= 11 is 2.06. The SMILES string of the molecule is O=C(O)Cc1ccc(I)cc1CC(=O)O. The first-order valence-corrected chi connectivity index (χ1v) is 5.28. The van der Waals surface area contributed by atoms with E-state index >= 15 is 0 Å². The molecule has 2 N–H and O–H groups in total. The third-order valence-corrected chi connectivity index (χ3v) is 2.52. The Labute approximate surface area is 100 Å². The third kappa shape index (κ3) is 3.86. The van der Waals surface area contributed by atoms with Gasteiger partial charge in [-0.3, -0.25) is 9.59 Å². The molecule has 15 heavy (non-hydrogen) atoms. The predicted molar refractivity (Wildman–Crippen MR) is 61.8 cm³/mol. The predicted octanol–water partition coefficient (Wildman–Crippen LogP) is 1.55. The van der Waals surface area contributed by atoms with Crippen LogP contribution in [-0.2, 0) is 22.4 Å². The molecule has 0 aliphatic carbocycles. The zero-order valence-corrected chi connectivity index (χ0v) is 9.89. The van der Waals surface area contributed by atoms with Crippen molar-refractivity contribution in [2.75, 3.05) is 0 Å². The van der Waals surface area contributed by atoms with Gasteiger partial charge in [0.1, 0.15) is 0 Å². The topological polar surface area (TPSA) is 74.6 Å². The van der Waals surface area contributed by atoms with Crippen LogP contribution in [0.3, 0.4) is 0 Å². The maximum atomic E-state index is 10.6. The molecule has 0 aromatic heterocycles. The number of hydrogen-bond acceptors (Lipinski definition) is 2. The van der Waals surface area contributed by atoms with Crippen molar-refractivity contribution < 1.29 is 19.8 Å². The molecular formula is C10H9IO4. The van der Waals surface area contributed by atoms with E-state index in [0.717, 1.165) is 3.57 Å². The van der Waals surface area contributed by atoms with E-state index in [1.165, 1.54) is 0 Å². The molecule has 1 aromatic carbocycles. The van der Waals surface area contributed by atoms with Crippen molar-refractivity contribution in [2.45, 2.75) is 12.8 Å². The van der Waals surface area contributed by atoms with Gasteiger partial charge in [-0.2, -0.15) is 0 Å². The normalized spacial score (nSPS) is 9.93. The molecular weight excluding hydrogens is 311 g/mol. The number of carboxylic acids is 2. The second-order valence-electron chi connectivity index (χ2n) is 3.05. The van der Waals surface area contributed by atoms with Crippen molar-refractivity contribution in [3.63, 3.8) is 0 Å². The van der Waals surface area contributed by atoms with Crippen LogP contribution in [0.5, 0.6) is 0 Å². The van der Waals surface area contributed by atoms with Gasteiger partial charge in [-0.05, 0) is 45.9 Å². The summed E-state index contributed by atoms with van der Waals surface area (Å²) in [6.45, 7) is 0. The summed E-state index contributed by atoms with van der Waals surface area (Å²) < 4.78 is 0.901. The van der Waals surface area contributed by atoms with Gasteiger partial charge >= 0.3 is 11.9 Å². The second-order valence-corrected chi connectivity index (χ2v) is 4.30. The Morgan fingerprint density at radius 2 is 1.60 bits per heavy atom. The van der Waals surface area contributed by atoms with E-state index in [-0.39, 0.29) is 12.8 Å². The second kappa shape index (κ2) is 5.11. The number of halogens is 1. The van der Waals surface area contributed by atoms with Gasteiger partial charge in [0.2, 0.25) is 0 Å².